The average molecular weight is 490 g/mol. The number of aromatic nitrogens is 2. The monoisotopic (exact) mass is 489 g/mol. The quantitative estimate of drug-likeness (QED) is 0.525. The van der Waals surface area contributed by atoms with E-state index in [0.29, 0.717) is 16.6 Å². The molecule has 1 aromatic heterocycles. The predicted molar refractivity (Wildman–Crippen MR) is 129 cm³/mol. The van der Waals surface area contributed by atoms with Gasteiger partial charge in [0, 0.05) is 22.8 Å². The van der Waals surface area contributed by atoms with E-state index in [2.05, 4.69) is 23.5 Å². The molecule has 1 aliphatic heterocycles. The van der Waals surface area contributed by atoms with Crippen LogP contribution < -0.4 is 5.32 Å². The minimum atomic E-state index is -3.04. The second kappa shape index (κ2) is 9.29. The maximum Gasteiger partial charge on any atom is 0.230 e. The first-order valence-electron chi connectivity index (χ1n) is 10.3. The second-order valence-electron chi connectivity index (χ2n) is 8.03. The summed E-state index contributed by atoms with van der Waals surface area (Å²) in [5, 5.41) is 4.19. The number of benzene rings is 2. The normalized spacial score (nSPS) is 17.4. The van der Waals surface area contributed by atoms with Crippen LogP contribution >= 0.6 is 23.4 Å². The number of hydrogen-bond donors (Lipinski definition) is 1. The van der Waals surface area contributed by atoms with Crippen molar-refractivity contribution in [3.63, 3.8) is 0 Å². The highest BCUT2D eigenvalue weighted by molar-refractivity contribution is 7.99. The molecule has 1 N–H and O–H groups in total. The summed E-state index contributed by atoms with van der Waals surface area (Å²) < 4.78 is 25.3. The van der Waals surface area contributed by atoms with Gasteiger partial charge in [-0.25, -0.2) is 13.4 Å². The van der Waals surface area contributed by atoms with E-state index in [0.717, 1.165) is 28.1 Å². The van der Waals surface area contributed by atoms with Gasteiger partial charge in [-0.3, -0.25) is 9.36 Å². The number of halogens is 1. The minimum Gasteiger partial charge on any atom is -0.352 e. The van der Waals surface area contributed by atoms with Crippen molar-refractivity contribution >= 4 is 39.1 Å². The third kappa shape index (κ3) is 5.36. The van der Waals surface area contributed by atoms with Crippen LogP contribution in [0.25, 0.3) is 16.9 Å². The molecule has 3 aromatic rings. The van der Waals surface area contributed by atoms with Crippen molar-refractivity contribution in [1.82, 2.24) is 14.9 Å². The molecule has 1 saturated heterocycles. The lowest BCUT2D eigenvalue weighted by atomic mass is 10.1. The van der Waals surface area contributed by atoms with Gasteiger partial charge >= 0.3 is 0 Å². The molecule has 4 rings (SSSR count). The topological polar surface area (TPSA) is 81.1 Å². The van der Waals surface area contributed by atoms with E-state index in [-0.39, 0.29) is 29.2 Å². The van der Waals surface area contributed by atoms with Gasteiger partial charge in [0.15, 0.2) is 15.0 Å². The van der Waals surface area contributed by atoms with Gasteiger partial charge in [-0.1, -0.05) is 47.6 Å². The standard InChI is InChI=1S/C23H24ClN3O3S2/c1-15-3-4-16(2)21(11-15)27-12-20(17-5-7-18(24)8-6-17)26-23(27)31-13-22(28)25-19-9-10-32(29,30)14-19/h3-8,11-12,19H,9-10,13-14H2,1-2H3,(H,25,28)/t19-/m0/s1. The largest absolute Gasteiger partial charge is 0.352 e. The Morgan fingerprint density at radius 3 is 2.66 bits per heavy atom. The highest BCUT2D eigenvalue weighted by Gasteiger charge is 2.29. The summed E-state index contributed by atoms with van der Waals surface area (Å²) in [6, 6.07) is 13.4. The number of thioether (sulfide) groups is 1. The summed E-state index contributed by atoms with van der Waals surface area (Å²) >= 11 is 7.36. The highest BCUT2D eigenvalue weighted by Crippen LogP contribution is 2.29. The number of imidazole rings is 1. The Kier molecular flexibility index (Phi) is 6.65. The summed E-state index contributed by atoms with van der Waals surface area (Å²) in [5.41, 5.74) is 4.94. The number of amides is 1. The SMILES string of the molecule is Cc1ccc(C)c(-n2cc(-c3ccc(Cl)cc3)nc2SCC(=O)N[C@H]2CCS(=O)(=O)C2)c1. The molecule has 0 saturated carbocycles. The van der Waals surface area contributed by atoms with Crippen LogP contribution in [0.1, 0.15) is 17.5 Å². The molecule has 1 fully saturated rings. The van der Waals surface area contributed by atoms with Crippen molar-refractivity contribution in [2.45, 2.75) is 31.5 Å². The Bertz CT molecular complexity index is 1250. The van der Waals surface area contributed by atoms with Crippen LogP contribution in [0.15, 0.2) is 53.8 Å². The molecule has 0 spiro atoms. The highest BCUT2D eigenvalue weighted by atomic mass is 35.5. The first kappa shape index (κ1) is 22.9. The maximum absolute atomic E-state index is 12.5. The summed E-state index contributed by atoms with van der Waals surface area (Å²) in [7, 11) is -3.04. The molecule has 1 aliphatic rings. The van der Waals surface area contributed by atoms with Gasteiger partial charge in [-0.15, -0.1) is 0 Å². The van der Waals surface area contributed by atoms with Gasteiger partial charge in [0.05, 0.1) is 28.6 Å². The molecule has 0 unspecified atom stereocenters. The lowest BCUT2D eigenvalue weighted by Crippen LogP contribution is -2.36. The van der Waals surface area contributed by atoms with Crippen molar-refractivity contribution in [2.24, 2.45) is 0 Å². The smallest absolute Gasteiger partial charge is 0.230 e. The third-order valence-corrected chi connectivity index (χ3v) is 8.34. The zero-order chi connectivity index (χ0) is 22.9. The zero-order valence-electron chi connectivity index (χ0n) is 17.8. The van der Waals surface area contributed by atoms with Crippen LogP contribution in [0.5, 0.6) is 0 Å². The van der Waals surface area contributed by atoms with Gasteiger partial charge in [-0.2, -0.15) is 0 Å². The molecule has 0 radical (unpaired) electrons. The molecule has 2 aromatic carbocycles. The van der Waals surface area contributed by atoms with E-state index in [1.807, 2.05) is 48.9 Å². The van der Waals surface area contributed by atoms with Gasteiger partial charge in [-0.05, 0) is 49.6 Å². The zero-order valence-corrected chi connectivity index (χ0v) is 20.2. The summed E-state index contributed by atoms with van der Waals surface area (Å²) in [6.45, 7) is 4.08. The van der Waals surface area contributed by atoms with Crippen molar-refractivity contribution in [3.8, 4) is 16.9 Å². The van der Waals surface area contributed by atoms with E-state index >= 15 is 0 Å². The molecule has 168 valence electrons. The van der Waals surface area contributed by atoms with E-state index in [1.54, 1.807) is 0 Å². The Morgan fingerprint density at radius 2 is 1.97 bits per heavy atom. The van der Waals surface area contributed by atoms with Crippen LogP contribution in [-0.4, -0.2) is 47.2 Å². The molecule has 0 aliphatic carbocycles. The fourth-order valence-electron chi connectivity index (χ4n) is 3.68. The van der Waals surface area contributed by atoms with E-state index in [4.69, 9.17) is 16.6 Å². The number of sulfone groups is 1. The van der Waals surface area contributed by atoms with Crippen molar-refractivity contribution < 1.29 is 13.2 Å². The number of nitrogens with zero attached hydrogens (tertiary/aromatic N) is 2. The number of rotatable bonds is 6. The molecule has 0 bridgehead atoms. The molecule has 1 amide bonds. The molecule has 9 heteroatoms. The third-order valence-electron chi connectivity index (χ3n) is 5.37. The molecule has 6 nitrogen and oxygen atoms in total. The van der Waals surface area contributed by atoms with Gasteiger partial charge in [0.1, 0.15) is 0 Å². The van der Waals surface area contributed by atoms with Crippen LogP contribution in [-0.2, 0) is 14.6 Å². The van der Waals surface area contributed by atoms with Crippen molar-refractivity contribution in [1.29, 1.82) is 0 Å². The van der Waals surface area contributed by atoms with Crippen LogP contribution in [0.4, 0.5) is 0 Å². The first-order chi connectivity index (χ1) is 15.2. The first-order valence-corrected chi connectivity index (χ1v) is 13.4. The maximum atomic E-state index is 12.5. The fraction of sp³-hybridized carbons (Fsp3) is 0.304. The number of carbonyl (C=O) groups excluding carboxylic acids is 1. The van der Waals surface area contributed by atoms with Crippen LogP contribution in [0.2, 0.25) is 5.02 Å². The van der Waals surface area contributed by atoms with Crippen molar-refractivity contribution in [3.05, 3.63) is 64.8 Å². The average Bonchev–Trinajstić information content (AvgIpc) is 3.31. The second-order valence-corrected chi connectivity index (χ2v) is 11.6. The molecule has 32 heavy (non-hydrogen) atoms. The summed E-state index contributed by atoms with van der Waals surface area (Å²) in [5.74, 6) is 0.104. The van der Waals surface area contributed by atoms with Gasteiger partial charge in [0.2, 0.25) is 5.91 Å². The summed E-state index contributed by atoms with van der Waals surface area (Å²) in [6.07, 6.45) is 2.44. The molecule has 2 heterocycles. The minimum absolute atomic E-state index is 0.0151. The molecule has 1 atom stereocenters. The lowest BCUT2D eigenvalue weighted by molar-refractivity contribution is -0.119. The molecular weight excluding hydrogens is 466 g/mol. The van der Waals surface area contributed by atoms with E-state index in [1.165, 1.54) is 11.8 Å². The van der Waals surface area contributed by atoms with Crippen LogP contribution in [0.3, 0.4) is 0 Å². The number of nitrogens with one attached hydrogen (secondary N) is 1. The fourth-order valence-corrected chi connectivity index (χ4v) is 6.28. The Hall–Kier alpha value is -2.29. The number of hydrogen-bond acceptors (Lipinski definition) is 5. The van der Waals surface area contributed by atoms with Crippen LogP contribution in [0, 0.1) is 13.8 Å². The van der Waals surface area contributed by atoms with E-state index in [9.17, 15) is 13.2 Å². The Balaban J connectivity index is 1.59. The number of aryl methyl sites for hydroxylation is 2. The van der Waals surface area contributed by atoms with Crippen molar-refractivity contribution in [2.75, 3.05) is 17.3 Å². The van der Waals surface area contributed by atoms with E-state index < -0.39 is 9.84 Å². The summed E-state index contributed by atoms with van der Waals surface area (Å²) in [4.78, 5) is 17.3. The lowest BCUT2D eigenvalue weighted by Gasteiger charge is -2.12. The predicted octanol–water partition coefficient (Wildman–Crippen LogP) is 4.20. The van der Waals surface area contributed by atoms with Gasteiger partial charge < -0.3 is 5.32 Å². The number of carbonyl (C=O) groups is 1. The Labute approximate surface area is 197 Å². The molecular formula is C23H24ClN3O3S2. The Morgan fingerprint density at radius 1 is 1.22 bits per heavy atom. The van der Waals surface area contributed by atoms with Gasteiger partial charge in [0.25, 0.3) is 0 Å².